The van der Waals surface area contributed by atoms with E-state index in [0.29, 0.717) is 17.9 Å². The summed E-state index contributed by atoms with van der Waals surface area (Å²) in [7, 11) is 0. The summed E-state index contributed by atoms with van der Waals surface area (Å²) in [6, 6.07) is 6.72. The minimum Gasteiger partial charge on any atom is -0.488 e. The van der Waals surface area contributed by atoms with Crippen molar-refractivity contribution < 1.29 is 24.1 Å². The highest BCUT2D eigenvalue weighted by atomic mass is 16.7. The van der Waals surface area contributed by atoms with Crippen LogP contribution < -0.4 is 4.74 Å². The molecule has 0 bridgehead atoms. The van der Waals surface area contributed by atoms with E-state index in [1.165, 1.54) is 13.8 Å². The fourth-order valence-corrected chi connectivity index (χ4v) is 2.55. The quantitative estimate of drug-likeness (QED) is 0.816. The zero-order valence-electron chi connectivity index (χ0n) is 14.2. The molecular formula is C18H26O5. The molecule has 1 saturated heterocycles. The van der Waals surface area contributed by atoms with Crippen molar-refractivity contribution in [3.05, 3.63) is 29.8 Å². The monoisotopic (exact) mass is 322 g/mol. The summed E-state index contributed by atoms with van der Waals surface area (Å²) in [6.45, 7) is 7.39. The lowest BCUT2D eigenvalue weighted by atomic mass is 9.97. The van der Waals surface area contributed by atoms with Crippen molar-refractivity contribution in [3.8, 4) is 5.75 Å². The predicted octanol–water partition coefficient (Wildman–Crippen LogP) is 2.95. The Labute approximate surface area is 137 Å². The van der Waals surface area contributed by atoms with Crippen molar-refractivity contribution >= 4 is 5.78 Å². The third kappa shape index (κ3) is 5.03. The smallest absolute Gasteiger partial charge is 0.193 e. The van der Waals surface area contributed by atoms with Crippen molar-refractivity contribution in [2.24, 2.45) is 0 Å². The van der Waals surface area contributed by atoms with Crippen LogP contribution in [0.5, 0.6) is 5.75 Å². The summed E-state index contributed by atoms with van der Waals surface area (Å²) in [6.07, 6.45) is 1.85. The summed E-state index contributed by atoms with van der Waals surface area (Å²) in [4.78, 5) is 12.0. The van der Waals surface area contributed by atoms with E-state index in [-0.39, 0.29) is 24.3 Å². The van der Waals surface area contributed by atoms with Crippen LogP contribution in [0.1, 0.15) is 50.9 Å². The number of ketones is 1. The van der Waals surface area contributed by atoms with E-state index in [9.17, 15) is 9.90 Å². The van der Waals surface area contributed by atoms with Gasteiger partial charge in [0.1, 0.15) is 18.0 Å². The lowest BCUT2D eigenvalue weighted by Gasteiger charge is -2.33. The number of rotatable bonds is 6. The Morgan fingerprint density at radius 2 is 1.96 bits per heavy atom. The molecule has 0 aromatic heterocycles. The maximum Gasteiger partial charge on any atom is 0.193 e. The van der Waals surface area contributed by atoms with Crippen molar-refractivity contribution in [1.29, 1.82) is 0 Å². The molecule has 0 aliphatic carbocycles. The van der Waals surface area contributed by atoms with Crippen LogP contribution in [-0.2, 0) is 9.47 Å². The lowest BCUT2D eigenvalue weighted by Crippen LogP contribution is -2.39. The molecule has 0 spiro atoms. The molecule has 3 unspecified atom stereocenters. The molecule has 1 aromatic rings. The average Bonchev–Trinajstić information content (AvgIpc) is 2.51. The van der Waals surface area contributed by atoms with E-state index in [1.54, 1.807) is 24.3 Å². The van der Waals surface area contributed by atoms with E-state index in [4.69, 9.17) is 14.2 Å². The standard InChI is InChI=1S/C18H26O5/c1-5-14-10-12(2)22-16(23-14)11-21-15-8-6-13(7-9-15)17(19)18(3,4)20/h6-9,12,14,16,20H,5,10-11H2,1-4H3. The number of ether oxygens (including phenoxy) is 3. The number of aliphatic hydroxyl groups is 1. The highest BCUT2D eigenvalue weighted by Crippen LogP contribution is 2.22. The van der Waals surface area contributed by atoms with Gasteiger partial charge in [-0.1, -0.05) is 6.92 Å². The van der Waals surface area contributed by atoms with E-state index in [1.807, 2.05) is 6.92 Å². The van der Waals surface area contributed by atoms with Crippen LogP contribution in [-0.4, -0.2) is 41.6 Å². The number of hydrogen-bond acceptors (Lipinski definition) is 5. The average molecular weight is 322 g/mol. The fourth-order valence-electron chi connectivity index (χ4n) is 2.55. The van der Waals surface area contributed by atoms with Crippen LogP contribution in [0.2, 0.25) is 0 Å². The van der Waals surface area contributed by atoms with Gasteiger partial charge in [-0.3, -0.25) is 4.79 Å². The van der Waals surface area contributed by atoms with Gasteiger partial charge in [-0.2, -0.15) is 0 Å². The third-order valence-corrected chi connectivity index (χ3v) is 3.84. The zero-order chi connectivity index (χ0) is 17.0. The van der Waals surface area contributed by atoms with Crippen molar-refractivity contribution in [1.82, 2.24) is 0 Å². The van der Waals surface area contributed by atoms with Gasteiger partial charge < -0.3 is 19.3 Å². The first-order valence-corrected chi connectivity index (χ1v) is 8.10. The van der Waals surface area contributed by atoms with Gasteiger partial charge in [-0.05, 0) is 57.9 Å². The van der Waals surface area contributed by atoms with Gasteiger partial charge in [0.25, 0.3) is 0 Å². The van der Waals surface area contributed by atoms with Crippen LogP contribution in [0.15, 0.2) is 24.3 Å². The Bertz CT molecular complexity index is 517. The molecule has 0 saturated carbocycles. The van der Waals surface area contributed by atoms with Crippen LogP contribution in [0, 0.1) is 0 Å². The normalized spacial score (nSPS) is 25.2. The summed E-state index contributed by atoms with van der Waals surface area (Å²) in [5.74, 6) is 0.318. The molecule has 1 N–H and O–H groups in total. The molecule has 3 atom stereocenters. The number of carbonyl (C=O) groups is 1. The molecule has 1 aromatic carbocycles. The molecule has 1 heterocycles. The highest BCUT2D eigenvalue weighted by Gasteiger charge is 2.27. The van der Waals surface area contributed by atoms with E-state index < -0.39 is 5.60 Å². The van der Waals surface area contributed by atoms with Gasteiger partial charge in [-0.15, -0.1) is 0 Å². The Kier molecular flexibility index (Phi) is 5.79. The number of benzene rings is 1. The number of hydrogen-bond donors (Lipinski definition) is 1. The van der Waals surface area contributed by atoms with Crippen molar-refractivity contribution in [2.45, 2.75) is 64.6 Å². The van der Waals surface area contributed by atoms with Crippen LogP contribution in [0.3, 0.4) is 0 Å². The maximum absolute atomic E-state index is 12.0. The predicted molar refractivity (Wildman–Crippen MR) is 86.7 cm³/mol. The largest absolute Gasteiger partial charge is 0.488 e. The number of carbonyl (C=O) groups excluding carboxylic acids is 1. The summed E-state index contributed by atoms with van der Waals surface area (Å²) in [5, 5.41) is 9.74. The third-order valence-electron chi connectivity index (χ3n) is 3.84. The first-order chi connectivity index (χ1) is 10.8. The van der Waals surface area contributed by atoms with E-state index in [0.717, 1.165) is 12.8 Å². The Morgan fingerprint density at radius 3 is 2.52 bits per heavy atom. The fraction of sp³-hybridized carbons (Fsp3) is 0.611. The van der Waals surface area contributed by atoms with Gasteiger partial charge in [0.05, 0.1) is 12.2 Å². The second-order valence-electron chi connectivity index (χ2n) is 6.50. The number of Topliss-reactive ketones (excluding diaryl/α,β-unsaturated/α-hetero) is 1. The molecule has 1 aliphatic rings. The lowest BCUT2D eigenvalue weighted by molar-refractivity contribution is -0.247. The second-order valence-corrected chi connectivity index (χ2v) is 6.50. The Balaban J connectivity index is 1.90. The van der Waals surface area contributed by atoms with Gasteiger partial charge in [0.2, 0.25) is 0 Å². The summed E-state index contributed by atoms with van der Waals surface area (Å²) < 4.78 is 17.2. The maximum atomic E-state index is 12.0. The Morgan fingerprint density at radius 1 is 1.30 bits per heavy atom. The van der Waals surface area contributed by atoms with Gasteiger partial charge in [-0.25, -0.2) is 0 Å². The molecule has 1 aliphatic heterocycles. The van der Waals surface area contributed by atoms with Gasteiger partial charge >= 0.3 is 0 Å². The zero-order valence-corrected chi connectivity index (χ0v) is 14.2. The second kappa shape index (κ2) is 7.43. The molecule has 23 heavy (non-hydrogen) atoms. The highest BCUT2D eigenvalue weighted by molar-refractivity contribution is 6.01. The van der Waals surface area contributed by atoms with E-state index >= 15 is 0 Å². The summed E-state index contributed by atoms with van der Waals surface area (Å²) >= 11 is 0. The van der Waals surface area contributed by atoms with Gasteiger partial charge in [0, 0.05) is 5.56 Å². The SMILES string of the molecule is CCC1CC(C)OC(COc2ccc(C(=O)C(C)(C)O)cc2)O1. The van der Waals surface area contributed by atoms with Crippen LogP contribution >= 0.6 is 0 Å². The van der Waals surface area contributed by atoms with Crippen LogP contribution in [0.4, 0.5) is 0 Å². The van der Waals surface area contributed by atoms with E-state index in [2.05, 4.69) is 6.92 Å². The topological polar surface area (TPSA) is 65.0 Å². The molecule has 5 nitrogen and oxygen atoms in total. The molecule has 5 heteroatoms. The minimum absolute atomic E-state index is 0.161. The molecule has 0 radical (unpaired) electrons. The molecular weight excluding hydrogens is 296 g/mol. The molecule has 1 fully saturated rings. The first-order valence-electron chi connectivity index (χ1n) is 8.10. The van der Waals surface area contributed by atoms with Crippen molar-refractivity contribution in [2.75, 3.05) is 6.61 Å². The molecule has 0 amide bonds. The minimum atomic E-state index is -1.38. The molecule has 2 rings (SSSR count). The van der Waals surface area contributed by atoms with Crippen molar-refractivity contribution in [3.63, 3.8) is 0 Å². The van der Waals surface area contributed by atoms with Gasteiger partial charge in [0.15, 0.2) is 12.1 Å². The molecule has 128 valence electrons. The first kappa shape index (κ1) is 17.9. The summed E-state index contributed by atoms with van der Waals surface area (Å²) in [5.41, 5.74) is -0.924. The van der Waals surface area contributed by atoms with Crippen LogP contribution in [0.25, 0.3) is 0 Å². The Hall–Kier alpha value is -1.43.